The van der Waals surface area contributed by atoms with Crippen molar-refractivity contribution in [3.63, 3.8) is 0 Å². The lowest BCUT2D eigenvalue weighted by atomic mass is 9.83. The molecule has 2 rings (SSSR count). The first kappa shape index (κ1) is 9.47. The zero-order chi connectivity index (χ0) is 9.15. The predicted octanol–water partition coefficient (Wildman–Crippen LogP) is 1.95. The minimum atomic E-state index is 0.635. The fourth-order valence-corrected chi connectivity index (χ4v) is 2.49. The standard InChI is InChI=1S/C11H21NO/c1-2-11(5-3-4-6-11)9-12-10-7-13-8-10/h10,12H,2-9H2,1H3. The molecule has 0 aromatic rings. The smallest absolute Gasteiger partial charge is 0.0643 e. The molecule has 0 bridgehead atoms. The second-order valence-corrected chi connectivity index (χ2v) is 4.68. The molecule has 1 saturated heterocycles. The first-order valence-electron chi connectivity index (χ1n) is 5.66. The SMILES string of the molecule is CCC1(CNC2COC2)CCCC1. The third-order valence-electron chi connectivity index (χ3n) is 3.82. The van der Waals surface area contributed by atoms with Gasteiger partial charge in [0, 0.05) is 6.54 Å². The van der Waals surface area contributed by atoms with E-state index in [0.717, 1.165) is 13.2 Å². The Morgan fingerprint density at radius 1 is 1.31 bits per heavy atom. The van der Waals surface area contributed by atoms with Gasteiger partial charge >= 0.3 is 0 Å². The maximum Gasteiger partial charge on any atom is 0.0643 e. The molecule has 0 atom stereocenters. The van der Waals surface area contributed by atoms with Crippen LogP contribution in [-0.4, -0.2) is 25.8 Å². The highest BCUT2D eigenvalue weighted by atomic mass is 16.5. The minimum Gasteiger partial charge on any atom is -0.378 e. The monoisotopic (exact) mass is 183 g/mol. The van der Waals surface area contributed by atoms with E-state index in [2.05, 4.69) is 12.2 Å². The summed E-state index contributed by atoms with van der Waals surface area (Å²) >= 11 is 0. The van der Waals surface area contributed by atoms with Crippen LogP contribution in [-0.2, 0) is 4.74 Å². The van der Waals surface area contributed by atoms with Crippen molar-refractivity contribution < 1.29 is 4.74 Å². The highest BCUT2D eigenvalue weighted by Crippen LogP contribution is 2.40. The van der Waals surface area contributed by atoms with Crippen LogP contribution in [0.15, 0.2) is 0 Å². The van der Waals surface area contributed by atoms with Gasteiger partial charge in [-0.15, -0.1) is 0 Å². The lowest BCUT2D eigenvalue weighted by Gasteiger charge is -2.33. The minimum absolute atomic E-state index is 0.635. The molecule has 1 saturated carbocycles. The summed E-state index contributed by atoms with van der Waals surface area (Å²) in [5.41, 5.74) is 0.635. The van der Waals surface area contributed by atoms with Crippen LogP contribution in [0, 0.1) is 5.41 Å². The Morgan fingerprint density at radius 3 is 2.46 bits per heavy atom. The molecule has 2 aliphatic rings. The first-order valence-corrected chi connectivity index (χ1v) is 5.66. The molecule has 0 unspecified atom stereocenters. The topological polar surface area (TPSA) is 21.3 Å². The molecule has 1 aliphatic carbocycles. The lowest BCUT2D eigenvalue weighted by Crippen LogP contribution is -2.49. The summed E-state index contributed by atoms with van der Waals surface area (Å²) in [6.45, 7) is 5.42. The average Bonchev–Trinajstić information content (AvgIpc) is 2.51. The lowest BCUT2D eigenvalue weighted by molar-refractivity contribution is -0.00978. The van der Waals surface area contributed by atoms with Gasteiger partial charge in [-0.05, 0) is 24.7 Å². The van der Waals surface area contributed by atoms with Gasteiger partial charge in [-0.3, -0.25) is 0 Å². The first-order chi connectivity index (χ1) is 6.35. The summed E-state index contributed by atoms with van der Waals surface area (Å²) in [5, 5.41) is 3.63. The van der Waals surface area contributed by atoms with Crippen LogP contribution in [0.4, 0.5) is 0 Å². The highest BCUT2D eigenvalue weighted by Gasteiger charge is 2.32. The molecule has 2 fully saturated rings. The Bertz CT molecular complexity index is 159. The van der Waals surface area contributed by atoms with Crippen molar-refractivity contribution in [2.24, 2.45) is 5.41 Å². The van der Waals surface area contributed by atoms with E-state index in [9.17, 15) is 0 Å². The Kier molecular flexibility index (Phi) is 2.89. The van der Waals surface area contributed by atoms with E-state index in [1.165, 1.54) is 38.6 Å². The van der Waals surface area contributed by atoms with Crippen LogP contribution in [0.1, 0.15) is 39.0 Å². The third kappa shape index (κ3) is 2.05. The number of hydrogen-bond donors (Lipinski definition) is 1. The van der Waals surface area contributed by atoms with Gasteiger partial charge in [-0.1, -0.05) is 19.8 Å². The van der Waals surface area contributed by atoms with Gasteiger partial charge in [-0.25, -0.2) is 0 Å². The molecule has 1 aliphatic heterocycles. The fraction of sp³-hybridized carbons (Fsp3) is 1.00. The van der Waals surface area contributed by atoms with Gasteiger partial charge in [0.15, 0.2) is 0 Å². The normalized spacial score (nSPS) is 27.5. The fourth-order valence-electron chi connectivity index (χ4n) is 2.49. The molecule has 13 heavy (non-hydrogen) atoms. The van der Waals surface area contributed by atoms with Gasteiger partial charge in [0.1, 0.15) is 0 Å². The van der Waals surface area contributed by atoms with E-state index >= 15 is 0 Å². The molecule has 0 aromatic carbocycles. The van der Waals surface area contributed by atoms with Crippen molar-refractivity contribution >= 4 is 0 Å². The Hall–Kier alpha value is -0.0800. The van der Waals surface area contributed by atoms with Gasteiger partial charge in [0.2, 0.25) is 0 Å². The van der Waals surface area contributed by atoms with E-state index in [0.29, 0.717) is 11.5 Å². The van der Waals surface area contributed by atoms with Crippen LogP contribution >= 0.6 is 0 Å². The quantitative estimate of drug-likeness (QED) is 0.719. The second kappa shape index (κ2) is 3.97. The summed E-state index contributed by atoms with van der Waals surface area (Å²) in [6.07, 6.45) is 7.09. The van der Waals surface area contributed by atoms with Crippen LogP contribution in [0.5, 0.6) is 0 Å². The van der Waals surface area contributed by atoms with Crippen LogP contribution in [0.25, 0.3) is 0 Å². The average molecular weight is 183 g/mol. The highest BCUT2D eigenvalue weighted by molar-refractivity contribution is 4.87. The summed E-state index contributed by atoms with van der Waals surface area (Å²) in [7, 11) is 0. The van der Waals surface area contributed by atoms with E-state index in [-0.39, 0.29) is 0 Å². The van der Waals surface area contributed by atoms with Gasteiger partial charge < -0.3 is 10.1 Å². The molecule has 2 heteroatoms. The van der Waals surface area contributed by atoms with Crippen molar-refractivity contribution in [1.29, 1.82) is 0 Å². The summed E-state index contributed by atoms with van der Waals surface area (Å²) in [5.74, 6) is 0. The summed E-state index contributed by atoms with van der Waals surface area (Å²) in [6, 6.07) is 0.657. The number of nitrogens with one attached hydrogen (secondary N) is 1. The Labute approximate surface area is 81.0 Å². The van der Waals surface area contributed by atoms with Gasteiger partial charge in [0.25, 0.3) is 0 Å². The maximum atomic E-state index is 5.15. The molecular weight excluding hydrogens is 162 g/mol. The number of rotatable bonds is 4. The van der Waals surface area contributed by atoms with Gasteiger partial charge in [-0.2, -0.15) is 0 Å². The predicted molar refractivity (Wildman–Crippen MR) is 53.8 cm³/mol. The maximum absolute atomic E-state index is 5.15. The molecule has 1 N–H and O–H groups in total. The largest absolute Gasteiger partial charge is 0.378 e. The molecule has 0 aromatic heterocycles. The van der Waals surface area contributed by atoms with Crippen molar-refractivity contribution in [2.75, 3.05) is 19.8 Å². The van der Waals surface area contributed by atoms with E-state index in [1.807, 2.05) is 0 Å². The summed E-state index contributed by atoms with van der Waals surface area (Å²) < 4.78 is 5.15. The number of hydrogen-bond acceptors (Lipinski definition) is 2. The molecule has 0 spiro atoms. The van der Waals surface area contributed by atoms with Crippen molar-refractivity contribution in [2.45, 2.75) is 45.1 Å². The molecule has 76 valence electrons. The summed E-state index contributed by atoms with van der Waals surface area (Å²) in [4.78, 5) is 0. The van der Waals surface area contributed by atoms with E-state index in [4.69, 9.17) is 4.74 Å². The zero-order valence-corrected chi connectivity index (χ0v) is 8.64. The Morgan fingerprint density at radius 2 is 2.00 bits per heavy atom. The Balaban J connectivity index is 1.75. The number of ether oxygens (including phenoxy) is 1. The molecular formula is C11H21NO. The van der Waals surface area contributed by atoms with E-state index in [1.54, 1.807) is 0 Å². The van der Waals surface area contributed by atoms with Gasteiger partial charge in [0.05, 0.1) is 19.3 Å². The van der Waals surface area contributed by atoms with E-state index < -0.39 is 0 Å². The van der Waals surface area contributed by atoms with Crippen LogP contribution in [0.2, 0.25) is 0 Å². The second-order valence-electron chi connectivity index (χ2n) is 4.68. The van der Waals surface area contributed by atoms with Crippen molar-refractivity contribution in [3.05, 3.63) is 0 Å². The molecule has 0 amide bonds. The van der Waals surface area contributed by atoms with Crippen molar-refractivity contribution in [3.8, 4) is 0 Å². The molecule has 2 nitrogen and oxygen atoms in total. The molecule has 0 radical (unpaired) electrons. The third-order valence-corrected chi connectivity index (χ3v) is 3.82. The molecule has 1 heterocycles. The van der Waals surface area contributed by atoms with Crippen LogP contribution < -0.4 is 5.32 Å². The van der Waals surface area contributed by atoms with Crippen LogP contribution in [0.3, 0.4) is 0 Å². The zero-order valence-electron chi connectivity index (χ0n) is 8.64. The van der Waals surface area contributed by atoms with Crippen molar-refractivity contribution in [1.82, 2.24) is 5.32 Å².